The van der Waals surface area contributed by atoms with Gasteiger partial charge in [-0.25, -0.2) is 8.78 Å². The molecule has 0 saturated heterocycles. The third kappa shape index (κ3) is 5.47. The number of hydrogen-bond acceptors (Lipinski definition) is 4. The number of rotatable bonds is 8. The molecule has 1 amide bonds. The van der Waals surface area contributed by atoms with Crippen LogP contribution in [-0.4, -0.2) is 36.1 Å². The average molecular weight is 416 g/mol. The Morgan fingerprint density at radius 2 is 1.83 bits per heavy atom. The summed E-state index contributed by atoms with van der Waals surface area (Å²) in [4.78, 5) is 15.3. The van der Waals surface area contributed by atoms with E-state index in [-0.39, 0.29) is 24.9 Å². The quantitative estimate of drug-likeness (QED) is 0.586. The van der Waals surface area contributed by atoms with Crippen LogP contribution in [0.15, 0.2) is 66.0 Å². The first kappa shape index (κ1) is 21.1. The van der Waals surface area contributed by atoms with Crippen LogP contribution in [0.2, 0.25) is 0 Å². The number of halogens is 2. The van der Waals surface area contributed by atoms with E-state index in [0.717, 1.165) is 10.4 Å². The third-order valence-electron chi connectivity index (χ3n) is 4.67. The van der Waals surface area contributed by atoms with Crippen molar-refractivity contribution in [3.05, 3.63) is 93.7 Å². The van der Waals surface area contributed by atoms with Gasteiger partial charge in [-0.1, -0.05) is 30.3 Å². The van der Waals surface area contributed by atoms with E-state index in [9.17, 15) is 18.7 Å². The molecule has 2 N–H and O–H groups in total. The molecule has 1 heterocycles. The number of aliphatic hydroxyl groups is 1. The van der Waals surface area contributed by atoms with Gasteiger partial charge in [0.2, 0.25) is 5.91 Å². The van der Waals surface area contributed by atoms with E-state index in [4.69, 9.17) is 0 Å². The standard InChI is InChI=1S/C22H22F2N2O2S/c1-26(19(14-27)16-4-2-5-18(24)12-16)13-21(28)25-22(20-6-3-11-29-20)15-7-9-17(23)10-8-15/h2-12,19,22,27H,13-14H2,1H3,(H,25,28). The molecule has 0 aliphatic heterocycles. The highest BCUT2D eigenvalue weighted by molar-refractivity contribution is 7.10. The number of hydrogen-bond donors (Lipinski definition) is 2. The predicted octanol–water partition coefficient (Wildman–Crippen LogP) is 3.90. The normalized spacial score (nSPS) is 13.3. The maximum absolute atomic E-state index is 13.5. The molecule has 2 aromatic carbocycles. The molecule has 0 aliphatic rings. The molecule has 0 bridgehead atoms. The Kier molecular flexibility index (Phi) is 7.09. The zero-order chi connectivity index (χ0) is 20.8. The number of likely N-dealkylation sites (N-methyl/N-ethyl adjacent to an activating group) is 1. The monoisotopic (exact) mass is 416 g/mol. The van der Waals surface area contributed by atoms with Gasteiger partial charge in [0, 0.05) is 4.88 Å². The first-order valence-electron chi connectivity index (χ1n) is 9.12. The summed E-state index contributed by atoms with van der Waals surface area (Å²) >= 11 is 1.50. The molecule has 7 heteroatoms. The lowest BCUT2D eigenvalue weighted by Crippen LogP contribution is -2.39. The second kappa shape index (κ2) is 9.73. The fourth-order valence-electron chi connectivity index (χ4n) is 3.19. The van der Waals surface area contributed by atoms with Gasteiger partial charge in [0.1, 0.15) is 11.6 Å². The van der Waals surface area contributed by atoms with E-state index in [1.807, 2.05) is 17.5 Å². The highest BCUT2D eigenvalue weighted by Crippen LogP contribution is 2.26. The zero-order valence-corrected chi connectivity index (χ0v) is 16.7. The van der Waals surface area contributed by atoms with Crippen molar-refractivity contribution in [2.75, 3.05) is 20.2 Å². The van der Waals surface area contributed by atoms with Crippen LogP contribution < -0.4 is 5.32 Å². The number of amides is 1. The fourth-order valence-corrected chi connectivity index (χ4v) is 3.99. The number of benzene rings is 2. The number of thiophene rings is 1. The van der Waals surface area contributed by atoms with Crippen LogP contribution in [0.5, 0.6) is 0 Å². The van der Waals surface area contributed by atoms with Crippen LogP contribution >= 0.6 is 11.3 Å². The first-order chi connectivity index (χ1) is 14.0. The summed E-state index contributed by atoms with van der Waals surface area (Å²) in [5, 5.41) is 14.7. The van der Waals surface area contributed by atoms with Crippen molar-refractivity contribution in [1.29, 1.82) is 0 Å². The van der Waals surface area contributed by atoms with Crippen molar-refractivity contribution in [3.63, 3.8) is 0 Å². The van der Waals surface area contributed by atoms with Gasteiger partial charge in [-0.05, 0) is 53.9 Å². The molecule has 0 spiro atoms. The van der Waals surface area contributed by atoms with Gasteiger partial charge in [-0.15, -0.1) is 11.3 Å². The number of carbonyl (C=O) groups is 1. The molecule has 0 fully saturated rings. The highest BCUT2D eigenvalue weighted by atomic mass is 32.1. The molecule has 3 aromatic rings. The Morgan fingerprint density at radius 3 is 2.45 bits per heavy atom. The largest absolute Gasteiger partial charge is 0.394 e. The molecule has 0 aliphatic carbocycles. The van der Waals surface area contributed by atoms with Crippen molar-refractivity contribution < 1.29 is 18.7 Å². The van der Waals surface area contributed by atoms with Gasteiger partial charge >= 0.3 is 0 Å². The van der Waals surface area contributed by atoms with Crippen molar-refractivity contribution in [2.24, 2.45) is 0 Å². The Bertz CT molecular complexity index is 932. The van der Waals surface area contributed by atoms with Gasteiger partial charge in [-0.2, -0.15) is 0 Å². The molecular weight excluding hydrogens is 394 g/mol. The molecule has 29 heavy (non-hydrogen) atoms. The molecular formula is C22H22F2N2O2S. The lowest BCUT2D eigenvalue weighted by atomic mass is 10.0. The van der Waals surface area contributed by atoms with E-state index < -0.39 is 17.9 Å². The molecule has 2 unspecified atom stereocenters. The van der Waals surface area contributed by atoms with Crippen LogP contribution in [0.1, 0.15) is 28.1 Å². The van der Waals surface area contributed by atoms with E-state index in [1.165, 1.54) is 35.6 Å². The van der Waals surface area contributed by atoms with E-state index in [2.05, 4.69) is 5.32 Å². The minimum absolute atomic E-state index is 0.00477. The third-order valence-corrected chi connectivity index (χ3v) is 5.60. The summed E-state index contributed by atoms with van der Waals surface area (Å²) < 4.78 is 26.8. The SMILES string of the molecule is CN(CC(=O)NC(c1ccc(F)cc1)c1cccs1)C(CO)c1cccc(F)c1. The molecule has 2 atom stereocenters. The Labute approximate surface area is 172 Å². The molecule has 0 saturated carbocycles. The van der Waals surface area contributed by atoms with Crippen LogP contribution in [-0.2, 0) is 4.79 Å². The van der Waals surface area contributed by atoms with E-state index in [0.29, 0.717) is 5.56 Å². The second-order valence-electron chi connectivity index (χ2n) is 6.74. The fraction of sp³-hybridized carbons (Fsp3) is 0.227. The summed E-state index contributed by atoms with van der Waals surface area (Å²) in [6.45, 7) is -0.246. The highest BCUT2D eigenvalue weighted by Gasteiger charge is 2.22. The molecule has 4 nitrogen and oxygen atoms in total. The Morgan fingerprint density at radius 1 is 1.07 bits per heavy atom. The van der Waals surface area contributed by atoms with Gasteiger partial charge in [0.25, 0.3) is 0 Å². The minimum Gasteiger partial charge on any atom is -0.394 e. The van der Waals surface area contributed by atoms with Crippen LogP contribution in [0.25, 0.3) is 0 Å². The average Bonchev–Trinajstić information content (AvgIpc) is 3.22. The lowest BCUT2D eigenvalue weighted by Gasteiger charge is -2.27. The van der Waals surface area contributed by atoms with Crippen LogP contribution in [0.3, 0.4) is 0 Å². The van der Waals surface area contributed by atoms with Gasteiger partial charge in [0.05, 0.1) is 25.2 Å². The summed E-state index contributed by atoms with van der Waals surface area (Å²) in [5.74, 6) is -0.997. The number of carbonyl (C=O) groups excluding carboxylic acids is 1. The predicted molar refractivity (Wildman–Crippen MR) is 110 cm³/mol. The van der Waals surface area contributed by atoms with Crippen LogP contribution in [0, 0.1) is 11.6 Å². The summed E-state index contributed by atoms with van der Waals surface area (Å²) in [5.41, 5.74) is 1.37. The van der Waals surface area contributed by atoms with Gasteiger partial charge in [0.15, 0.2) is 0 Å². The van der Waals surface area contributed by atoms with Crippen LogP contribution in [0.4, 0.5) is 8.78 Å². The molecule has 1 aromatic heterocycles. The molecule has 152 valence electrons. The first-order valence-corrected chi connectivity index (χ1v) is 10.0. The summed E-state index contributed by atoms with van der Waals surface area (Å²) in [6, 6.07) is 14.9. The maximum Gasteiger partial charge on any atom is 0.234 e. The summed E-state index contributed by atoms with van der Waals surface area (Å²) in [6.07, 6.45) is 0. The molecule has 3 rings (SSSR count). The van der Waals surface area contributed by atoms with E-state index in [1.54, 1.807) is 36.2 Å². The zero-order valence-electron chi connectivity index (χ0n) is 15.9. The number of nitrogens with zero attached hydrogens (tertiary/aromatic N) is 1. The second-order valence-corrected chi connectivity index (χ2v) is 7.72. The lowest BCUT2D eigenvalue weighted by molar-refractivity contribution is -0.123. The maximum atomic E-state index is 13.5. The van der Waals surface area contributed by atoms with Crippen molar-refractivity contribution in [3.8, 4) is 0 Å². The molecule has 0 radical (unpaired) electrons. The minimum atomic E-state index is -0.512. The van der Waals surface area contributed by atoms with Gasteiger partial charge < -0.3 is 10.4 Å². The van der Waals surface area contributed by atoms with Gasteiger partial charge in [-0.3, -0.25) is 9.69 Å². The van der Waals surface area contributed by atoms with Crippen molar-refractivity contribution >= 4 is 17.2 Å². The van der Waals surface area contributed by atoms with E-state index >= 15 is 0 Å². The summed E-state index contributed by atoms with van der Waals surface area (Å²) in [7, 11) is 1.70. The number of nitrogens with one attached hydrogen (secondary N) is 1. The topological polar surface area (TPSA) is 52.6 Å². The van der Waals surface area contributed by atoms with Crippen molar-refractivity contribution in [2.45, 2.75) is 12.1 Å². The van der Waals surface area contributed by atoms with Crippen molar-refractivity contribution in [1.82, 2.24) is 10.2 Å². The smallest absolute Gasteiger partial charge is 0.234 e. The number of aliphatic hydroxyl groups excluding tert-OH is 1. The Balaban J connectivity index is 1.73. The Hall–Kier alpha value is -2.61.